The third-order valence-corrected chi connectivity index (χ3v) is 7.82. The van der Waals surface area contributed by atoms with Crippen molar-refractivity contribution in [2.75, 3.05) is 0 Å². The molecule has 3 aliphatic rings. The summed E-state index contributed by atoms with van der Waals surface area (Å²) in [5, 5.41) is 0.496. The van der Waals surface area contributed by atoms with Crippen molar-refractivity contribution < 1.29 is 23.9 Å². The number of ether oxygens (including phenoxy) is 1. The molecular formula is C29H22ClNO5. The van der Waals surface area contributed by atoms with Crippen molar-refractivity contribution in [1.82, 2.24) is 4.90 Å². The highest BCUT2D eigenvalue weighted by atomic mass is 35.5. The lowest BCUT2D eigenvalue weighted by Crippen LogP contribution is -2.52. The Hall–Kier alpha value is -3.61. The third-order valence-electron chi connectivity index (χ3n) is 7.57. The quantitative estimate of drug-likeness (QED) is 0.391. The maximum absolute atomic E-state index is 14.0. The molecule has 4 atom stereocenters. The molecular weight excluding hydrogens is 478 g/mol. The number of amides is 2. The summed E-state index contributed by atoms with van der Waals surface area (Å²) in [6.07, 6.45) is -0.487. The van der Waals surface area contributed by atoms with Crippen LogP contribution < -0.4 is 0 Å². The number of halogens is 1. The summed E-state index contributed by atoms with van der Waals surface area (Å²) in [7, 11) is 0. The minimum absolute atomic E-state index is 0.217. The SMILES string of the molecule is C[C@H](Cc1ccccc1)N1C(=O)[C@H]2[C@@H](C1=O)C1(O[C@H]2c2ccc(Cl)cc2)C(=O)c2ccccc2C1=O. The van der Waals surface area contributed by atoms with Gasteiger partial charge < -0.3 is 4.74 Å². The maximum atomic E-state index is 14.0. The normalized spacial score (nSPS) is 24.9. The standard InChI is InChI=1S/C29H22ClNO5/c1-16(15-17-7-3-2-4-8-17)31-27(34)22-23(28(31)35)29(36-24(22)18-11-13-19(30)14-12-18)25(32)20-9-5-6-10-21(20)26(29)33/h2-14,16,22-24H,15H2,1H3/t16-,22+,23+,24+/m1/s1. The van der Waals surface area contributed by atoms with E-state index >= 15 is 0 Å². The highest BCUT2D eigenvalue weighted by Gasteiger charge is 2.74. The smallest absolute Gasteiger partial charge is 0.237 e. The van der Waals surface area contributed by atoms with E-state index in [4.69, 9.17) is 16.3 Å². The minimum atomic E-state index is -2.06. The minimum Gasteiger partial charge on any atom is -0.349 e. The molecule has 0 radical (unpaired) electrons. The third kappa shape index (κ3) is 3.08. The lowest BCUT2D eigenvalue weighted by Gasteiger charge is -2.29. The second kappa shape index (κ2) is 8.22. The van der Waals surface area contributed by atoms with Crippen molar-refractivity contribution in [3.05, 3.63) is 106 Å². The lowest BCUT2D eigenvalue weighted by molar-refractivity contribution is -0.147. The molecule has 2 heterocycles. The van der Waals surface area contributed by atoms with Crippen LogP contribution in [-0.2, 0) is 20.7 Å². The number of carbonyl (C=O) groups is 4. The van der Waals surface area contributed by atoms with Gasteiger partial charge in [-0.15, -0.1) is 0 Å². The molecule has 3 aromatic carbocycles. The Morgan fingerprint density at radius 3 is 2.03 bits per heavy atom. The van der Waals surface area contributed by atoms with Gasteiger partial charge in [-0.2, -0.15) is 0 Å². The molecule has 0 bridgehead atoms. The first kappa shape index (κ1) is 22.8. The number of fused-ring (bicyclic) bond motifs is 3. The zero-order valence-corrected chi connectivity index (χ0v) is 20.1. The fourth-order valence-electron chi connectivity index (χ4n) is 5.97. The van der Waals surface area contributed by atoms with Gasteiger partial charge in [-0.3, -0.25) is 24.1 Å². The van der Waals surface area contributed by atoms with E-state index in [1.165, 1.54) is 4.90 Å². The van der Waals surface area contributed by atoms with E-state index in [2.05, 4.69) is 0 Å². The van der Waals surface area contributed by atoms with Crippen LogP contribution >= 0.6 is 11.6 Å². The molecule has 6 nitrogen and oxygen atoms in total. The van der Waals surface area contributed by atoms with Crippen LogP contribution in [-0.4, -0.2) is 39.9 Å². The first-order chi connectivity index (χ1) is 17.3. The Morgan fingerprint density at radius 2 is 1.42 bits per heavy atom. The number of nitrogens with zero attached hydrogens (tertiary/aromatic N) is 1. The van der Waals surface area contributed by atoms with Gasteiger partial charge in [-0.25, -0.2) is 0 Å². The van der Waals surface area contributed by atoms with Gasteiger partial charge in [0.1, 0.15) is 0 Å². The number of hydrogen-bond acceptors (Lipinski definition) is 5. The van der Waals surface area contributed by atoms with Gasteiger partial charge in [0.2, 0.25) is 29.0 Å². The van der Waals surface area contributed by atoms with Crippen LogP contribution in [0.5, 0.6) is 0 Å². The molecule has 2 aliphatic heterocycles. The Morgan fingerprint density at radius 1 is 0.833 bits per heavy atom. The highest BCUT2D eigenvalue weighted by molar-refractivity contribution is 6.35. The zero-order chi connectivity index (χ0) is 25.2. The van der Waals surface area contributed by atoms with Crippen LogP contribution in [0.25, 0.3) is 0 Å². The molecule has 1 spiro atoms. The summed E-state index contributed by atoms with van der Waals surface area (Å²) >= 11 is 6.07. The molecule has 7 heteroatoms. The van der Waals surface area contributed by atoms with Crippen LogP contribution in [0.4, 0.5) is 0 Å². The lowest BCUT2D eigenvalue weighted by atomic mass is 9.77. The fraction of sp³-hybridized carbons (Fsp3) is 0.241. The van der Waals surface area contributed by atoms with E-state index in [0.29, 0.717) is 17.0 Å². The number of rotatable bonds is 4. The van der Waals surface area contributed by atoms with Crippen molar-refractivity contribution in [3.63, 3.8) is 0 Å². The van der Waals surface area contributed by atoms with Gasteiger partial charge in [-0.05, 0) is 36.6 Å². The summed E-state index contributed by atoms with van der Waals surface area (Å²) in [4.78, 5) is 56.6. The number of ketones is 2. The van der Waals surface area contributed by atoms with Gasteiger partial charge in [-0.1, -0.05) is 78.3 Å². The van der Waals surface area contributed by atoms with Crippen molar-refractivity contribution in [1.29, 1.82) is 0 Å². The van der Waals surface area contributed by atoms with Gasteiger partial charge in [0.15, 0.2) is 0 Å². The topological polar surface area (TPSA) is 80.8 Å². The van der Waals surface area contributed by atoms with Crippen LogP contribution in [0.15, 0.2) is 78.9 Å². The molecule has 1 aliphatic carbocycles. The molecule has 2 amide bonds. The number of likely N-dealkylation sites (tertiary alicyclic amines) is 1. The first-order valence-electron chi connectivity index (χ1n) is 11.9. The van der Waals surface area contributed by atoms with E-state index in [9.17, 15) is 19.2 Å². The van der Waals surface area contributed by atoms with Crippen LogP contribution in [0.2, 0.25) is 5.02 Å². The summed E-state index contributed by atoms with van der Waals surface area (Å²) in [6, 6.07) is 22.3. The molecule has 0 N–H and O–H groups in total. The van der Waals surface area contributed by atoms with E-state index in [0.717, 1.165) is 5.56 Å². The van der Waals surface area contributed by atoms with Crippen LogP contribution in [0.3, 0.4) is 0 Å². The Balaban J connectivity index is 1.46. The summed E-state index contributed by atoms with van der Waals surface area (Å²) in [5.74, 6) is -4.34. The van der Waals surface area contributed by atoms with Crippen molar-refractivity contribution in [3.8, 4) is 0 Å². The fourth-order valence-corrected chi connectivity index (χ4v) is 6.10. The van der Waals surface area contributed by atoms with Crippen LogP contribution in [0, 0.1) is 11.8 Å². The number of hydrogen-bond donors (Lipinski definition) is 0. The number of imide groups is 1. The maximum Gasteiger partial charge on any atom is 0.237 e. The second-order valence-corrected chi connectivity index (χ2v) is 10.1. The number of Topliss-reactive ketones (excluding diaryl/α,β-unsaturated/α-hetero) is 2. The van der Waals surface area contributed by atoms with Crippen molar-refractivity contribution in [2.24, 2.45) is 11.8 Å². The summed E-state index contributed by atoms with van der Waals surface area (Å²) in [5.41, 5.74) is -0.0694. The van der Waals surface area contributed by atoms with E-state index in [1.807, 2.05) is 37.3 Å². The molecule has 0 unspecified atom stereocenters. The summed E-state index contributed by atoms with van der Waals surface area (Å²) in [6.45, 7) is 1.81. The zero-order valence-electron chi connectivity index (χ0n) is 19.4. The van der Waals surface area contributed by atoms with Gasteiger partial charge in [0.05, 0.1) is 17.9 Å². The Bertz CT molecular complexity index is 1380. The highest BCUT2D eigenvalue weighted by Crippen LogP contribution is 2.57. The molecule has 2 saturated heterocycles. The average molecular weight is 500 g/mol. The molecule has 2 fully saturated rings. The Labute approximate surface area is 212 Å². The predicted molar refractivity (Wildman–Crippen MR) is 132 cm³/mol. The molecule has 0 aromatic heterocycles. The molecule has 0 saturated carbocycles. The van der Waals surface area contributed by atoms with Gasteiger partial charge in [0, 0.05) is 22.2 Å². The van der Waals surface area contributed by atoms with Crippen LogP contribution in [0.1, 0.15) is 44.9 Å². The molecule has 36 heavy (non-hydrogen) atoms. The summed E-state index contributed by atoms with van der Waals surface area (Å²) < 4.78 is 6.29. The van der Waals surface area contributed by atoms with Crippen molar-refractivity contribution >= 4 is 35.0 Å². The molecule has 180 valence electrons. The molecule has 3 aromatic rings. The monoisotopic (exact) mass is 499 g/mol. The van der Waals surface area contributed by atoms with Gasteiger partial charge >= 0.3 is 0 Å². The number of benzene rings is 3. The largest absolute Gasteiger partial charge is 0.349 e. The van der Waals surface area contributed by atoms with E-state index in [1.54, 1.807) is 48.5 Å². The average Bonchev–Trinajstić information content (AvgIpc) is 3.45. The van der Waals surface area contributed by atoms with Gasteiger partial charge in [0.25, 0.3) is 0 Å². The van der Waals surface area contributed by atoms with E-state index < -0.39 is 53.0 Å². The first-order valence-corrected chi connectivity index (χ1v) is 12.2. The molecule has 6 rings (SSSR count). The van der Waals surface area contributed by atoms with Crippen molar-refractivity contribution in [2.45, 2.75) is 31.1 Å². The van der Waals surface area contributed by atoms with E-state index in [-0.39, 0.29) is 11.1 Å². The second-order valence-electron chi connectivity index (χ2n) is 9.62. The Kier molecular flexibility index (Phi) is 5.21. The number of carbonyl (C=O) groups excluding carboxylic acids is 4. The predicted octanol–water partition coefficient (Wildman–Crippen LogP) is 4.46.